The summed E-state index contributed by atoms with van der Waals surface area (Å²) in [5.74, 6) is -0.813. The van der Waals surface area contributed by atoms with Crippen molar-refractivity contribution in [3.63, 3.8) is 0 Å². The Bertz CT molecular complexity index is 826. The molecule has 3 rings (SSSR count). The maximum absolute atomic E-state index is 12.5. The number of carbonyl (C=O) groups excluding carboxylic acids is 2. The van der Waals surface area contributed by atoms with Crippen LogP contribution in [-0.2, 0) is 16.1 Å². The highest BCUT2D eigenvalue weighted by atomic mass is 16.2. The van der Waals surface area contributed by atoms with Crippen molar-refractivity contribution in [3.05, 3.63) is 65.7 Å². The molecule has 1 saturated carbocycles. The van der Waals surface area contributed by atoms with Crippen LogP contribution in [0.1, 0.15) is 17.5 Å². The average molecular weight is 333 g/mol. The lowest BCUT2D eigenvalue weighted by molar-refractivity contribution is -0.133. The third-order valence-electron chi connectivity index (χ3n) is 4.39. The maximum atomic E-state index is 12.5. The topological polar surface area (TPSA) is 73.2 Å². The molecule has 2 atom stereocenters. The van der Waals surface area contributed by atoms with E-state index >= 15 is 0 Å². The first-order valence-corrected chi connectivity index (χ1v) is 8.19. The fourth-order valence-electron chi connectivity index (χ4n) is 2.89. The SMILES string of the molecule is CN(Cc1ccccc1)C(=O)C1CC1C(=O)Nc1ccccc1C#N. The summed E-state index contributed by atoms with van der Waals surface area (Å²) in [4.78, 5) is 26.5. The van der Waals surface area contributed by atoms with Crippen molar-refractivity contribution in [1.29, 1.82) is 5.26 Å². The van der Waals surface area contributed by atoms with E-state index in [9.17, 15) is 9.59 Å². The quantitative estimate of drug-likeness (QED) is 0.914. The lowest BCUT2D eigenvalue weighted by Crippen LogP contribution is -2.29. The molecule has 1 N–H and O–H groups in total. The summed E-state index contributed by atoms with van der Waals surface area (Å²) >= 11 is 0. The number of benzene rings is 2. The lowest BCUT2D eigenvalue weighted by atomic mass is 10.2. The van der Waals surface area contributed by atoms with Crippen molar-refractivity contribution < 1.29 is 9.59 Å². The van der Waals surface area contributed by atoms with Crippen molar-refractivity contribution >= 4 is 17.5 Å². The Kier molecular flexibility index (Phi) is 4.80. The number of rotatable bonds is 5. The number of hydrogen-bond donors (Lipinski definition) is 1. The van der Waals surface area contributed by atoms with Crippen LogP contribution in [0.5, 0.6) is 0 Å². The van der Waals surface area contributed by atoms with Crippen LogP contribution in [0.25, 0.3) is 0 Å². The van der Waals surface area contributed by atoms with Crippen LogP contribution in [0, 0.1) is 23.2 Å². The molecule has 5 nitrogen and oxygen atoms in total. The van der Waals surface area contributed by atoms with E-state index in [-0.39, 0.29) is 23.7 Å². The summed E-state index contributed by atoms with van der Waals surface area (Å²) in [5, 5.41) is 11.8. The number of anilines is 1. The van der Waals surface area contributed by atoms with E-state index in [0.29, 0.717) is 24.2 Å². The second-order valence-corrected chi connectivity index (χ2v) is 6.28. The molecule has 2 amide bonds. The molecule has 0 radical (unpaired) electrons. The highest BCUT2D eigenvalue weighted by Crippen LogP contribution is 2.41. The van der Waals surface area contributed by atoms with Crippen LogP contribution in [0.4, 0.5) is 5.69 Å². The minimum absolute atomic E-state index is 0.0161. The minimum Gasteiger partial charge on any atom is -0.341 e. The molecule has 1 fully saturated rings. The number of nitrogens with zero attached hydrogens (tertiary/aromatic N) is 2. The standard InChI is InChI=1S/C20H19N3O2/c1-23(13-14-7-3-2-4-8-14)20(25)17-11-16(17)19(24)22-18-10-6-5-9-15(18)12-21/h2-10,16-17H,11,13H2,1H3,(H,22,24). The van der Waals surface area contributed by atoms with Crippen LogP contribution in [0.15, 0.2) is 54.6 Å². The Morgan fingerprint density at radius 2 is 1.80 bits per heavy atom. The third kappa shape index (κ3) is 3.86. The number of amides is 2. The molecule has 0 bridgehead atoms. The van der Waals surface area contributed by atoms with E-state index in [1.807, 2.05) is 36.4 Å². The molecule has 1 aliphatic carbocycles. The number of carbonyl (C=O) groups is 2. The van der Waals surface area contributed by atoms with Gasteiger partial charge < -0.3 is 10.2 Å². The molecular weight excluding hydrogens is 314 g/mol. The molecular formula is C20H19N3O2. The van der Waals surface area contributed by atoms with Gasteiger partial charge in [0.15, 0.2) is 0 Å². The molecule has 0 aromatic heterocycles. The Labute approximate surface area is 146 Å². The third-order valence-corrected chi connectivity index (χ3v) is 4.39. The highest BCUT2D eigenvalue weighted by molar-refractivity contribution is 6.00. The van der Waals surface area contributed by atoms with Gasteiger partial charge in [-0.3, -0.25) is 9.59 Å². The fourth-order valence-corrected chi connectivity index (χ4v) is 2.89. The first kappa shape index (κ1) is 16.7. The van der Waals surface area contributed by atoms with Crippen LogP contribution in [-0.4, -0.2) is 23.8 Å². The Balaban J connectivity index is 1.57. The van der Waals surface area contributed by atoms with Crippen molar-refractivity contribution in [2.24, 2.45) is 11.8 Å². The van der Waals surface area contributed by atoms with E-state index in [1.54, 1.807) is 36.2 Å². The molecule has 0 spiro atoms. The largest absolute Gasteiger partial charge is 0.341 e. The summed E-state index contributed by atoms with van der Waals surface area (Å²) in [5.41, 5.74) is 1.97. The van der Waals surface area contributed by atoms with Gasteiger partial charge in [0.25, 0.3) is 0 Å². The Hall–Kier alpha value is -3.13. The summed E-state index contributed by atoms with van der Waals surface area (Å²) in [6.07, 6.45) is 0.554. The van der Waals surface area contributed by atoms with Crippen LogP contribution in [0.2, 0.25) is 0 Å². The van der Waals surface area contributed by atoms with E-state index in [2.05, 4.69) is 5.32 Å². The van der Waals surface area contributed by atoms with Gasteiger partial charge >= 0.3 is 0 Å². The molecule has 0 aliphatic heterocycles. The summed E-state index contributed by atoms with van der Waals surface area (Å²) < 4.78 is 0. The fraction of sp³-hybridized carbons (Fsp3) is 0.250. The van der Waals surface area contributed by atoms with E-state index in [1.165, 1.54) is 0 Å². The van der Waals surface area contributed by atoms with Gasteiger partial charge in [-0.25, -0.2) is 0 Å². The molecule has 126 valence electrons. The Morgan fingerprint density at radius 3 is 2.52 bits per heavy atom. The predicted molar refractivity (Wildman–Crippen MR) is 94.3 cm³/mol. The van der Waals surface area contributed by atoms with Gasteiger partial charge in [-0.2, -0.15) is 5.26 Å². The van der Waals surface area contributed by atoms with Crippen molar-refractivity contribution in [2.45, 2.75) is 13.0 Å². The van der Waals surface area contributed by atoms with Crippen LogP contribution in [0.3, 0.4) is 0 Å². The maximum Gasteiger partial charge on any atom is 0.228 e. The van der Waals surface area contributed by atoms with E-state index in [4.69, 9.17) is 5.26 Å². The summed E-state index contributed by atoms with van der Waals surface area (Å²) in [7, 11) is 1.76. The minimum atomic E-state index is -0.322. The van der Waals surface area contributed by atoms with Gasteiger partial charge in [-0.05, 0) is 24.1 Å². The zero-order chi connectivity index (χ0) is 17.8. The first-order valence-electron chi connectivity index (χ1n) is 8.19. The van der Waals surface area contributed by atoms with E-state index in [0.717, 1.165) is 5.56 Å². The summed E-state index contributed by atoms with van der Waals surface area (Å²) in [6.45, 7) is 0.530. The van der Waals surface area contributed by atoms with Crippen molar-refractivity contribution in [2.75, 3.05) is 12.4 Å². The molecule has 1 aliphatic rings. The van der Waals surface area contributed by atoms with Gasteiger partial charge in [0.2, 0.25) is 11.8 Å². The predicted octanol–water partition coefficient (Wildman–Crippen LogP) is 2.79. The molecule has 5 heteroatoms. The van der Waals surface area contributed by atoms with Crippen LogP contribution < -0.4 is 5.32 Å². The number of nitriles is 1. The zero-order valence-electron chi connectivity index (χ0n) is 14.0. The second kappa shape index (κ2) is 7.18. The number of hydrogen-bond acceptors (Lipinski definition) is 3. The highest BCUT2D eigenvalue weighted by Gasteiger charge is 2.49. The van der Waals surface area contributed by atoms with Gasteiger partial charge in [0.05, 0.1) is 23.1 Å². The molecule has 2 aromatic rings. The van der Waals surface area contributed by atoms with Gasteiger partial charge in [0.1, 0.15) is 6.07 Å². The first-order chi connectivity index (χ1) is 12.1. The van der Waals surface area contributed by atoms with Crippen LogP contribution >= 0.6 is 0 Å². The summed E-state index contributed by atoms with van der Waals surface area (Å²) in [6, 6.07) is 18.7. The molecule has 25 heavy (non-hydrogen) atoms. The lowest BCUT2D eigenvalue weighted by Gasteiger charge is -2.17. The molecule has 0 heterocycles. The smallest absolute Gasteiger partial charge is 0.228 e. The number of para-hydroxylation sites is 1. The molecule has 0 saturated heterocycles. The van der Waals surface area contributed by atoms with Gasteiger partial charge in [-0.1, -0.05) is 42.5 Å². The second-order valence-electron chi connectivity index (χ2n) is 6.28. The van der Waals surface area contributed by atoms with Crippen molar-refractivity contribution in [1.82, 2.24) is 4.90 Å². The Morgan fingerprint density at radius 1 is 1.12 bits per heavy atom. The zero-order valence-corrected chi connectivity index (χ0v) is 14.0. The normalized spacial score (nSPS) is 18.1. The number of nitrogens with one attached hydrogen (secondary N) is 1. The van der Waals surface area contributed by atoms with Crippen molar-refractivity contribution in [3.8, 4) is 6.07 Å². The molecule has 2 unspecified atom stereocenters. The van der Waals surface area contributed by atoms with Gasteiger partial charge in [-0.15, -0.1) is 0 Å². The van der Waals surface area contributed by atoms with E-state index < -0.39 is 0 Å². The molecule has 2 aromatic carbocycles. The van der Waals surface area contributed by atoms with Gasteiger partial charge in [0, 0.05) is 13.6 Å². The average Bonchev–Trinajstić information content (AvgIpc) is 3.43. The monoisotopic (exact) mass is 333 g/mol.